The number of hydrogen-bond donors (Lipinski definition) is 3. The SMILES string of the molecule is CCC(=O)N[C@@H](C(=O)N1CCN(C)CC1)[C@@H](C)c1ccc(NC(=O)[C@@H](NC(=O)C(F)(F)c2cccc(C#N)c2)[C@H]2CC[C@H](C(F)(F)F)CC2)c(F)c1. The van der Waals surface area contributed by atoms with Crippen molar-refractivity contribution in [1.82, 2.24) is 20.4 Å². The van der Waals surface area contributed by atoms with E-state index in [0.29, 0.717) is 31.7 Å². The number of carbonyl (C=O) groups excluding carboxylic acids is 4. The van der Waals surface area contributed by atoms with Crippen LogP contribution in [0.4, 0.5) is 32.0 Å². The zero-order chi connectivity index (χ0) is 38.4. The zero-order valence-corrected chi connectivity index (χ0v) is 29.0. The Morgan fingerprint density at radius 2 is 1.60 bits per heavy atom. The summed E-state index contributed by atoms with van der Waals surface area (Å²) in [4.78, 5) is 56.2. The molecule has 4 amide bonds. The van der Waals surface area contributed by atoms with Crippen LogP contribution < -0.4 is 16.0 Å². The Bertz CT molecular complexity index is 1670. The van der Waals surface area contributed by atoms with Crippen molar-refractivity contribution in [3.05, 3.63) is 65.0 Å². The molecule has 1 saturated heterocycles. The Kier molecular flexibility index (Phi) is 13.0. The number of alkyl halides is 5. The standard InChI is InChI=1S/C36H42F6N6O4/c1-4-29(49)45-30(33(51)48-16-14-47(3)15-17-48)21(2)24-10-13-28(27(37)19-24)44-32(50)31(23-8-11-25(12-9-23)36(40,41)42)46-34(52)35(38,39)26-7-5-6-22(18-26)20-43/h5-7,10,13,18-19,21,23,25,30-31H,4,8-9,11-12,14-17H2,1-3H3,(H,44,50)(H,45,49)(H,46,52)/t21-,23-,25-,30+,31-/m0/s1. The summed E-state index contributed by atoms with van der Waals surface area (Å²) >= 11 is 0. The Morgan fingerprint density at radius 1 is 0.942 bits per heavy atom. The number of nitriles is 1. The first-order valence-corrected chi connectivity index (χ1v) is 17.1. The molecule has 2 fully saturated rings. The lowest BCUT2D eigenvalue weighted by molar-refractivity contribution is -0.184. The van der Waals surface area contributed by atoms with E-state index in [1.807, 2.05) is 12.4 Å². The van der Waals surface area contributed by atoms with Crippen LogP contribution in [0.3, 0.4) is 0 Å². The normalized spacial score (nSPS) is 20.2. The van der Waals surface area contributed by atoms with Crippen molar-refractivity contribution in [3.63, 3.8) is 0 Å². The number of rotatable bonds is 11. The van der Waals surface area contributed by atoms with Crippen molar-refractivity contribution in [2.45, 2.75) is 76.1 Å². The van der Waals surface area contributed by atoms with Gasteiger partial charge in [-0.1, -0.05) is 32.0 Å². The lowest BCUT2D eigenvalue weighted by atomic mass is 9.77. The first-order valence-electron chi connectivity index (χ1n) is 17.1. The molecule has 0 spiro atoms. The highest BCUT2D eigenvalue weighted by atomic mass is 19.4. The first kappa shape index (κ1) is 40.1. The van der Waals surface area contributed by atoms with Crippen molar-refractivity contribution in [3.8, 4) is 6.07 Å². The molecule has 3 atom stereocenters. The molecule has 10 nitrogen and oxygen atoms in total. The fourth-order valence-corrected chi connectivity index (χ4v) is 6.54. The predicted octanol–water partition coefficient (Wildman–Crippen LogP) is 5.05. The molecule has 1 aliphatic carbocycles. The smallest absolute Gasteiger partial charge is 0.344 e. The van der Waals surface area contributed by atoms with Crippen LogP contribution in [0.25, 0.3) is 0 Å². The van der Waals surface area contributed by atoms with Crippen molar-refractivity contribution in [1.29, 1.82) is 5.26 Å². The van der Waals surface area contributed by atoms with Crippen LogP contribution >= 0.6 is 0 Å². The highest BCUT2D eigenvalue weighted by Crippen LogP contribution is 2.41. The van der Waals surface area contributed by atoms with Gasteiger partial charge >= 0.3 is 12.1 Å². The fourth-order valence-electron chi connectivity index (χ4n) is 6.54. The van der Waals surface area contributed by atoms with Crippen molar-refractivity contribution in [2.75, 3.05) is 38.5 Å². The molecule has 52 heavy (non-hydrogen) atoms. The maximum atomic E-state index is 15.6. The second kappa shape index (κ2) is 16.8. The Hall–Kier alpha value is -4.65. The lowest BCUT2D eigenvalue weighted by Gasteiger charge is -2.36. The molecular weight excluding hydrogens is 694 g/mol. The van der Waals surface area contributed by atoms with Gasteiger partial charge in [0.15, 0.2) is 0 Å². The third kappa shape index (κ3) is 9.61. The monoisotopic (exact) mass is 736 g/mol. The minimum Gasteiger partial charge on any atom is -0.344 e. The number of anilines is 1. The molecular formula is C36H42F6N6O4. The van der Waals surface area contributed by atoms with E-state index in [1.54, 1.807) is 24.8 Å². The van der Waals surface area contributed by atoms with E-state index in [4.69, 9.17) is 5.26 Å². The molecule has 1 heterocycles. The minimum absolute atomic E-state index is 0.103. The van der Waals surface area contributed by atoms with Gasteiger partial charge in [-0.2, -0.15) is 27.2 Å². The van der Waals surface area contributed by atoms with E-state index in [-0.39, 0.29) is 36.6 Å². The summed E-state index contributed by atoms with van der Waals surface area (Å²) in [5.74, 6) is -12.4. The summed E-state index contributed by atoms with van der Waals surface area (Å²) < 4.78 is 86.5. The topological polar surface area (TPSA) is 135 Å². The summed E-state index contributed by atoms with van der Waals surface area (Å²) in [6.07, 6.45) is -5.67. The summed E-state index contributed by atoms with van der Waals surface area (Å²) in [5.41, 5.74) is -1.09. The first-order chi connectivity index (χ1) is 24.5. The second-order valence-corrected chi connectivity index (χ2v) is 13.4. The molecule has 2 aromatic carbocycles. The highest BCUT2D eigenvalue weighted by molar-refractivity contribution is 5.98. The molecule has 16 heteroatoms. The number of nitrogens with one attached hydrogen (secondary N) is 3. The van der Waals surface area contributed by atoms with Crippen LogP contribution in [-0.2, 0) is 25.1 Å². The van der Waals surface area contributed by atoms with E-state index in [9.17, 15) is 32.3 Å². The van der Waals surface area contributed by atoms with Crippen LogP contribution in [0.1, 0.15) is 68.6 Å². The number of carbonyl (C=O) groups is 4. The van der Waals surface area contributed by atoms with Gasteiger partial charge in [-0.25, -0.2) is 4.39 Å². The molecule has 0 bridgehead atoms. The molecule has 1 aliphatic heterocycles. The van der Waals surface area contributed by atoms with E-state index in [0.717, 1.165) is 24.3 Å². The molecule has 0 radical (unpaired) electrons. The van der Waals surface area contributed by atoms with Gasteiger partial charge in [0.05, 0.1) is 23.2 Å². The van der Waals surface area contributed by atoms with Crippen LogP contribution in [0.15, 0.2) is 42.5 Å². The third-order valence-electron chi connectivity index (χ3n) is 9.91. The average Bonchev–Trinajstić information content (AvgIpc) is 3.12. The van der Waals surface area contributed by atoms with Crippen LogP contribution in [0, 0.1) is 29.0 Å². The number of benzene rings is 2. The van der Waals surface area contributed by atoms with Gasteiger partial charge in [0, 0.05) is 44.1 Å². The lowest BCUT2D eigenvalue weighted by Crippen LogP contribution is -2.55. The molecule has 2 aliphatic rings. The summed E-state index contributed by atoms with van der Waals surface area (Å²) in [6, 6.07) is 6.67. The molecule has 0 aromatic heterocycles. The van der Waals surface area contributed by atoms with Crippen LogP contribution in [0.5, 0.6) is 0 Å². The summed E-state index contributed by atoms with van der Waals surface area (Å²) in [5, 5.41) is 16.1. The summed E-state index contributed by atoms with van der Waals surface area (Å²) in [6.45, 7) is 5.40. The third-order valence-corrected chi connectivity index (χ3v) is 9.91. The quantitative estimate of drug-likeness (QED) is 0.277. The van der Waals surface area contributed by atoms with Gasteiger partial charge in [-0.05, 0) is 68.5 Å². The van der Waals surface area contributed by atoms with Gasteiger partial charge in [-0.3, -0.25) is 19.2 Å². The van der Waals surface area contributed by atoms with Gasteiger partial charge in [0.1, 0.15) is 17.9 Å². The van der Waals surface area contributed by atoms with E-state index < -0.39 is 83.7 Å². The minimum atomic E-state index is -4.50. The maximum Gasteiger partial charge on any atom is 0.391 e. The Labute approximate surface area is 297 Å². The van der Waals surface area contributed by atoms with E-state index >= 15 is 13.2 Å². The molecule has 0 unspecified atom stereocenters. The molecule has 3 N–H and O–H groups in total. The number of likely N-dealkylation sites (N-methyl/N-ethyl adjacent to an activating group) is 1. The maximum absolute atomic E-state index is 15.6. The van der Waals surface area contributed by atoms with E-state index in [1.165, 1.54) is 18.2 Å². The summed E-state index contributed by atoms with van der Waals surface area (Å²) in [7, 11) is 1.92. The zero-order valence-electron chi connectivity index (χ0n) is 29.0. The van der Waals surface area contributed by atoms with Crippen molar-refractivity contribution >= 4 is 29.3 Å². The van der Waals surface area contributed by atoms with Gasteiger partial charge in [-0.15, -0.1) is 0 Å². The highest BCUT2D eigenvalue weighted by Gasteiger charge is 2.47. The number of hydrogen-bond acceptors (Lipinski definition) is 6. The Morgan fingerprint density at radius 3 is 2.17 bits per heavy atom. The largest absolute Gasteiger partial charge is 0.391 e. The van der Waals surface area contributed by atoms with Gasteiger partial charge in [0.25, 0.3) is 5.91 Å². The molecule has 2 aromatic rings. The number of halogens is 6. The second-order valence-electron chi connectivity index (χ2n) is 13.4. The Balaban J connectivity index is 1.56. The predicted molar refractivity (Wildman–Crippen MR) is 178 cm³/mol. The van der Waals surface area contributed by atoms with Crippen LogP contribution in [0.2, 0.25) is 0 Å². The van der Waals surface area contributed by atoms with Gasteiger partial charge in [0.2, 0.25) is 17.7 Å². The fraction of sp³-hybridized carbons (Fsp3) is 0.528. The molecule has 1 saturated carbocycles. The van der Waals surface area contributed by atoms with Gasteiger partial charge < -0.3 is 25.8 Å². The van der Waals surface area contributed by atoms with Crippen molar-refractivity contribution < 1.29 is 45.5 Å². The number of piperazine rings is 1. The average molecular weight is 737 g/mol. The molecule has 282 valence electrons. The van der Waals surface area contributed by atoms with E-state index in [2.05, 4.69) is 15.5 Å². The molecule has 4 rings (SSSR count). The van der Waals surface area contributed by atoms with Crippen LogP contribution in [-0.4, -0.2) is 84.9 Å². The number of nitrogens with zero attached hydrogens (tertiary/aromatic N) is 3. The number of amides is 4. The van der Waals surface area contributed by atoms with Crippen molar-refractivity contribution in [2.24, 2.45) is 11.8 Å².